The Morgan fingerprint density at radius 1 is 1.43 bits per heavy atom. The molecule has 0 radical (unpaired) electrons. The lowest BCUT2D eigenvalue weighted by Gasteiger charge is -2.31. The lowest BCUT2D eigenvalue weighted by Crippen LogP contribution is -2.46. The Morgan fingerprint density at radius 2 is 2.24 bits per heavy atom. The molecule has 2 heterocycles. The van der Waals surface area contributed by atoms with E-state index in [-0.39, 0.29) is 17.7 Å². The van der Waals surface area contributed by atoms with Gasteiger partial charge in [0.2, 0.25) is 5.91 Å². The second-order valence-electron chi connectivity index (χ2n) is 5.21. The number of piperidine rings is 1. The minimum atomic E-state index is -0.173. The van der Waals surface area contributed by atoms with Gasteiger partial charge in [0.05, 0.1) is 17.8 Å². The standard InChI is InChI=1S/C14H21N5O2/c1-10-7-18-12(8-17-10)14(21)19-6-2-3-11(9-19)13(20)16-5-4-15/h7-8,11H,2-6,9,15H2,1H3,(H,16,20). The molecule has 0 aromatic carbocycles. The number of amides is 2. The number of nitrogens with one attached hydrogen (secondary N) is 1. The maximum Gasteiger partial charge on any atom is 0.274 e. The fourth-order valence-electron chi connectivity index (χ4n) is 2.38. The van der Waals surface area contributed by atoms with Crippen LogP contribution in [0.5, 0.6) is 0 Å². The molecule has 2 amide bonds. The van der Waals surface area contributed by atoms with Crippen molar-refractivity contribution in [1.29, 1.82) is 0 Å². The summed E-state index contributed by atoms with van der Waals surface area (Å²) in [5.41, 5.74) is 6.47. The monoisotopic (exact) mass is 291 g/mol. The molecule has 2 rings (SSSR count). The molecule has 0 bridgehead atoms. The van der Waals surface area contributed by atoms with Crippen LogP contribution < -0.4 is 11.1 Å². The molecule has 1 aliphatic heterocycles. The van der Waals surface area contributed by atoms with Crippen molar-refractivity contribution >= 4 is 11.8 Å². The van der Waals surface area contributed by atoms with E-state index in [2.05, 4.69) is 15.3 Å². The first-order valence-corrected chi connectivity index (χ1v) is 7.17. The Kier molecular flexibility index (Phi) is 5.21. The van der Waals surface area contributed by atoms with E-state index in [9.17, 15) is 9.59 Å². The van der Waals surface area contributed by atoms with Gasteiger partial charge in [-0.25, -0.2) is 4.98 Å². The predicted molar refractivity (Wildman–Crippen MR) is 77.5 cm³/mol. The van der Waals surface area contributed by atoms with Gasteiger partial charge in [0.15, 0.2) is 0 Å². The summed E-state index contributed by atoms with van der Waals surface area (Å²) < 4.78 is 0. The number of nitrogens with zero attached hydrogens (tertiary/aromatic N) is 3. The summed E-state index contributed by atoms with van der Waals surface area (Å²) in [4.78, 5) is 34.2. The van der Waals surface area contributed by atoms with Crippen molar-refractivity contribution in [2.75, 3.05) is 26.2 Å². The van der Waals surface area contributed by atoms with Crippen molar-refractivity contribution in [2.45, 2.75) is 19.8 Å². The van der Waals surface area contributed by atoms with E-state index in [4.69, 9.17) is 5.73 Å². The highest BCUT2D eigenvalue weighted by molar-refractivity contribution is 5.92. The minimum absolute atomic E-state index is 0.0343. The van der Waals surface area contributed by atoms with Gasteiger partial charge in [0.1, 0.15) is 5.69 Å². The first kappa shape index (κ1) is 15.4. The van der Waals surface area contributed by atoms with Crippen LogP contribution in [0.1, 0.15) is 29.0 Å². The first-order chi connectivity index (χ1) is 10.1. The lowest BCUT2D eigenvalue weighted by molar-refractivity contribution is -0.126. The molecule has 1 saturated heterocycles. The van der Waals surface area contributed by atoms with Gasteiger partial charge in [-0.1, -0.05) is 0 Å². The molecule has 7 heteroatoms. The van der Waals surface area contributed by atoms with Crippen molar-refractivity contribution < 1.29 is 9.59 Å². The molecule has 1 unspecified atom stereocenters. The van der Waals surface area contributed by atoms with E-state index in [1.807, 2.05) is 6.92 Å². The Bertz CT molecular complexity index is 503. The number of carbonyl (C=O) groups is 2. The maximum absolute atomic E-state index is 12.4. The van der Waals surface area contributed by atoms with Crippen molar-refractivity contribution in [1.82, 2.24) is 20.2 Å². The highest BCUT2D eigenvalue weighted by atomic mass is 16.2. The molecular formula is C14H21N5O2. The van der Waals surface area contributed by atoms with Gasteiger partial charge in [-0.3, -0.25) is 14.6 Å². The average Bonchev–Trinajstić information content (AvgIpc) is 2.52. The summed E-state index contributed by atoms with van der Waals surface area (Å²) in [6.45, 7) is 3.77. The number of aryl methyl sites for hydroxylation is 1. The van der Waals surface area contributed by atoms with E-state index in [1.54, 1.807) is 11.1 Å². The molecule has 1 aromatic rings. The number of rotatable bonds is 4. The summed E-state index contributed by atoms with van der Waals surface area (Å²) in [7, 11) is 0. The molecule has 3 N–H and O–H groups in total. The van der Waals surface area contributed by atoms with Crippen LogP contribution in [0.15, 0.2) is 12.4 Å². The van der Waals surface area contributed by atoms with E-state index in [0.717, 1.165) is 18.5 Å². The number of aromatic nitrogens is 2. The Morgan fingerprint density at radius 3 is 2.90 bits per heavy atom. The predicted octanol–water partition coefficient (Wildman–Crippen LogP) is -0.288. The Hall–Kier alpha value is -2.02. The van der Waals surface area contributed by atoms with E-state index >= 15 is 0 Å². The molecule has 1 atom stereocenters. The molecule has 0 aliphatic carbocycles. The minimum Gasteiger partial charge on any atom is -0.355 e. The summed E-state index contributed by atoms with van der Waals surface area (Å²) in [6, 6.07) is 0. The highest BCUT2D eigenvalue weighted by Gasteiger charge is 2.29. The first-order valence-electron chi connectivity index (χ1n) is 7.17. The van der Waals surface area contributed by atoms with E-state index in [0.29, 0.717) is 31.9 Å². The third kappa shape index (κ3) is 3.98. The van der Waals surface area contributed by atoms with Crippen molar-refractivity contribution in [3.05, 3.63) is 23.8 Å². The molecule has 114 valence electrons. The summed E-state index contributed by atoms with van der Waals surface area (Å²) in [5.74, 6) is -0.376. The smallest absolute Gasteiger partial charge is 0.274 e. The molecule has 21 heavy (non-hydrogen) atoms. The van der Waals surface area contributed by atoms with E-state index < -0.39 is 0 Å². The van der Waals surface area contributed by atoms with Gasteiger partial charge in [-0.15, -0.1) is 0 Å². The normalized spacial score (nSPS) is 18.4. The van der Waals surface area contributed by atoms with Crippen molar-refractivity contribution in [3.8, 4) is 0 Å². The van der Waals surface area contributed by atoms with Crippen LogP contribution >= 0.6 is 0 Å². The van der Waals surface area contributed by atoms with Crippen molar-refractivity contribution in [3.63, 3.8) is 0 Å². The van der Waals surface area contributed by atoms with Gasteiger partial charge >= 0.3 is 0 Å². The molecule has 7 nitrogen and oxygen atoms in total. The number of carbonyl (C=O) groups excluding carboxylic acids is 2. The largest absolute Gasteiger partial charge is 0.355 e. The van der Waals surface area contributed by atoms with Crippen LogP contribution in [0.4, 0.5) is 0 Å². The zero-order chi connectivity index (χ0) is 15.2. The van der Waals surface area contributed by atoms with Gasteiger partial charge in [-0.2, -0.15) is 0 Å². The average molecular weight is 291 g/mol. The Labute approximate surface area is 123 Å². The zero-order valence-corrected chi connectivity index (χ0v) is 12.2. The third-order valence-electron chi connectivity index (χ3n) is 3.52. The van der Waals surface area contributed by atoms with Crippen LogP contribution in [0, 0.1) is 12.8 Å². The van der Waals surface area contributed by atoms with E-state index in [1.165, 1.54) is 6.20 Å². The molecule has 0 saturated carbocycles. The molecule has 0 spiro atoms. The van der Waals surface area contributed by atoms with Crippen LogP contribution in [0.2, 0.25) is 0 Å². The van der Waals surface area contributed by atoms with Crippen molar-refractivity contribution in [2.24, 2.45) is 11.7 Å². The molecule has 1 aliphatic rings. The lowest BCUT2D eigenvalue weighted by atomic mass is 9.97. The molecular weight excluding hydrogens is 270 g/mol. The maximum atomic E-state index is 12.4. The van der Waals surface area contributed by atoms with Crippen LogP contribution in [-0.2, 0) is 4.79 Å². The second-order valence-corrected chi connectivity index (χ2v) is 5.21. The fourth-order valence-corrected chi connectivity index (χ4v) is 2.38. The quantitative estimate of drug-likeness (QED) is 0.794. The molecule has 1 fully saturated rings. The summed E-state index contributed by atoms with van der Waals surface area (Å²) in [6.07, 6.45) is 4.66. The van der Waals surface area contributed by atoms with Gasteiger partial charge in [0.25, 0.3) is 5.91 Å². The zero-order valence-electron chi connectivity index (χ0n) is 12.2. The topological polar surface area (TPSA) is 101 Å². The number of nitrogens with two attached hydrogens (primary N) is 1. The highest BCUT2D eigenvalue weighted by Crippen LogP contribution is 2.18. The second kappa shape index (κ2) is 7.12. The summed E-state index contributed by atoms with van der Waals surface area (Å²) >= 11 is 0. The van der Waals surface area contributed by atoms with Gasteiger partial charge in [0, 0.05) is 32.4 Å². The third-order valence-corrected chi connectivity index (χ3v) is 3.52. The number of hydrogen-bond acceptors (Lipinski definition) is 5. The Balaban J connectivity index is 1.98. The van der Waals surface area contributed by atoms with Gasteiger partial charge in [-0.05, 0) is 19.8 Å². The SMILES string of the molecule is Cc1cnc(C(=O)N2CCCC(C(=O)NCCN)C2)cn1. The fraction of sp³-hybridized carbons (Fsp3) is 0.571. The summed E-state index contributed by atoms with van der Waals surface area (Å²) in [5, 5.41) is 2.78. The molecule has 1 aromatic heterocycles. The van der Waals surface area contributed by atoms with Gasteiger partial charge < -0.3 is 16.0 Å². The number of likely N-dealkylation sites (tertiary alicyclic amines) is 1. The van der Waals surface area contributed by atoms with Crippen LogP contribution in [0.3, 0.4) is 0 Å². The number of hydrogen-bond donors (Lipinski definition) is 2. The van der Waals surface area contributed by atoms with Crippen LogP contribution in [-0.4, -0.2) is 52.9 Å². The van der Waals surface area contributed by atoms with Crippen LogP contribution in [0.25, 0.3) is 0 Å².